The Bertz CT molecular complexity index is 790. The number of carbonyl (C=O) groups excluding carboxylic acids is 1. The van der Waals surface area contributed by atoms with Gasteiger partial charge in [-0.15, -0.1) is 0 Å². The van der Waals surface area contributed by atoms with Gasteiger partial charge in [0.1, 0.15) is 11.3 Å². The van der Waals surface area contributed by atoms with E-state index < -0.39 is 0 Å². The van der Waals surface area contributed by atoms with Crippen LogP contribution in [0.3, 0.4) is 0 Å². The van der Waals surface area contributed by atoms with Gasteiger partial charge in [-0.25, -0.2) is 4.98 Å². The average molecular weight is 299 g/mol. The van der Waals surface area contributed by atoms with Crippen LogP contribution in [0.5, 0.6) is 5.75 Å². The fourth-order valence-electron chi connectivity index (χ4n) is 2.36. The number of carbonyl (C=O) groups is 1. The Balaban J connectivity index is 1.74. The molecular formula is C16H17N3O3. The van der Waals surface area contributed by atoms with Crippen LogP contribution >= 0.6 is 0 Å². The number of imidazole rings is 1. The summed E-state index contributed by atoms with van der Waals surface area (Å²) in [5.41, 5.74) is 2.46. The number of nitrogens with zero attached hydrogens (tertiary/aromatic N) is 1. The predicted octanol–water partition coefficient (Wildman–Crippen LogP) is 2.45. The Morgan fingerprint density at radius 1 is 1.45 bits per heavy atom. The van der Waals surface area contributed by atoms with E-state index >= 15 is 0 Å². The van der Waals surface area contributed by atoms with E-state index in [-0.39, 0.29) is 5.91 Å². The number of nitrogens with one attached hydrogen (secondary N) is 2. The first-order chi connectivity index (χ1) is 10.7. The summed E-state index contributed by atoms with van der Waals surface area (Å²) in [6, 6.07) is 5.53. The average Bonchev–Trinajstić information content (AvgIpc) is 3.15. The van der Waals surface area contributed by atoms with Gasteiger partial charge in [-0.1, -0.05) is 0 Å². The minimum atomic E-state index is -0.216. The monoisotopic (exact) mass is 299 g/mol. The highest BCUT2D eigenvalue weighted by Gasteiger charge is 2.17. The molecule has 0 spiro atoms. The number of aromatic amines is 1. The summed E-state index contributed by atoms with van der Waals surface area (Å²) in [6.45, 7) is 2.39. The molecule has 114 valence electrons. The van der Waals surface area contributed by atoms with Crippen molar-refractivity contribution in [3.8, 4) is 5.75 Å². The highest BCUT2D eigenvalue weighted by molar-refractivity contribution is 5.99. The van der Waals surface area contributed by atoms with Gasteiger partial charge in [0.25, 0.3) is 5.91 Å². The van der Waals surface area contributed by atoms with Crippen molar-refractivity contribution in [3.05, 3.63) is 47.7 Å². The Hall–Kier alpha value is -2.76. The number of furan rings is 1. The summed E-state index contributed by atoms with van der Waals surface area (Å²) in [6.07, 6.45) is 4.05. The second-order valence-electron chi connectivity index (χ2n) is 5.00. The van der Waals surface area contributed by atoms with Crippen LogP contribution < -0.4 is 10.1 Å². The molecule has 2 aromatic heterocycles. The van der Waals surface area contributed by atoms with Crippen molar-refractivity contribution < 1.29 is 13.9 Å². The van der Waals surface area contributed by atoms with Crippen LogP contribution in [0.2, 0.25) is 0 Å². The van der Waals surface area contributed by atoms with Gasteiger partial charge in [0.15, 0.2) is 5.76 Å². The number of methoxy groups -OCH3 is 1. The third-order valence-corrected chi connectivity index (χ3v) is 3.59. The van der Waals surface area contributed by atoms with Gasteiger partial charge in [-0.3, -0.25) is 4.79 Å². The predicted molar refractivity (Wildman–Crippen MR) is 82.1 cm³/mol. The first-order valence-corrected chi connectivity index (χ1v) is 7.01. The smallest absolute Gasteiger partial charge is 0.287 e. The zero-order valence-electron chi connectivity index (χ0n) is 12.5. The third kappa shape index (κ3) is 2.67. The van der Waals surface area contributed by atoms with Crippen LogP contribution in [0, 0.1) is 6.92 Å². The second-order valence-corrected chi connectivity index (χ2v) is 5.00. The van der Waals surface area contributed by atoms with E-state index in [1.807, 2.05) is 19.1 Å². The molecule has 6 nitrogen and oxygen atoms in total. The minimum Gasteiger partial charge on any atom is -0.497 e. The molecule has 0 fully saturated rings. The number of hydrogen-bond acceptors (Lipinski definition) is 4. The molecule has 22 heavy (non-hydrogen) atoms. The maximum Gasteiger partial charge on any atom is 0.287 e. The zero-order valence-corrected chi connectivity index (χ0v) is 12.5. The van der Waals surface area contributed by atoms with Crippen LogP contribution in [-0.4, -0.2) is 29.5 Å². The van der Waals surface area contributed by atoms with E-state index in [0.717, 1.165) is 16.6 Å². The fourth-order valence-corrected chi connectivity index (χ4v) is 2.36. The van der Waals surface area contributed by atoms with Gasteiger partial charge in [0, 0.05) is 41.9 Å². The zero-order chi connectivity index (χ0) is 15.5. The van der Waals surface area contributed by atoms with E-state index in [4.69, 9.17) is 9.15 Å². The van der Waals surface area contributed by atoms with Crippen molar-refractivity contribution in [2.45, 2.75) is 13.3 Å². The molecule has 0 radical (unpaired) electrons. The molecule has 3 aromatic rings. The molecular weight excluding hydrogens is 282 g/mol. The van der Waals surface area contributed by atoms with E-state index in [9.17, 15) is 4.79 Å². The SMILES string of the molecule is COc1ccc2c(C)c(C(=O)NCCc3cnc[nH]3)oc2c1. The molecule has 0 aliphatic carbocycles. The summed E-state index contributed by atoms with van der Waals surface area (Å²) < 4.78 is 10.8. The molecule has 1 amide bonds. The standard InChI is InChI=1S/C16H17N3O3/c1-10-13-4-3-12(21-2)7-14(13)22-15(10)16(20)18-6-5-11-8-17-9-19-11/h3-4,7-9H,5-6H2,1-2H3,(H,17,19)(H,18,20). The molecule has 1 aromatic carbocycles. The summed E-state index contributed by atoms with van der Waals surface area (Å²) in [5, 5.41) is 3.77. The lowest BCUT2D eigenvalue weighted by Crippen LogP contribution is -2.25. The molecule has 3 rings (SSSR count). The molecule has 0 unspecified atom stereocenters. The van der Waals surface area contributed by atoms with Crippen molar-refractivity contribution >= 4 is 16.9 Å². The topological polar surface area (TPSA) is 80.1 Å². The number of fused-ring (bicyclic) bond motifs is 1. The first-order valence-electron chi connectivity index (χ1n) is 7.01. The number of amides is 1. The molecule has 2 heterocycles. The Morgan fingerprint density at radius 3 is 3.05 bits per heavy atom. The van der Waals surface area contributed by atoms with E-state index in [0.29, 0.717) is 30.1 Å². The lowest BCUT2D eigenvalue weighted by Gasteiger charge is -2.02. The Labute approximate surface area is 127 Å². The third-order valence-electron chi connectivity index (χ3n) is 3.59. The molecule has 0 atom stereocenters. The van der Waals surface area contributed by atoms with E-state index in [1.165, 1.54) is 0 Å². The number of ether oxygens (including phenoxy) is 1. The van der Waals surface area contributed by atoms with Crippen LogP contribution in [0.1, 0.15) is 21.8 Å². The van der Waals surface area contributed by atoms with E-state index in [1.54, 1.807) is 25.7 Å². The number of aryl methyl sites for hydroxylation is 1. The number of benzene rings is 1. The molecule has 0 aliphatic rings. The highest BCUT2D eigenvalue weighted by atomic mass is 16.5. The van der Waals surface area contributed by atoms with Crippen LogP contribution in [0.15, 0.2) is 35.1 Å². The fraction of sp³-hybridized carbons (Fsp3) is 0.250. The van der Waals surface area contributed by atoms with Crippen molar-refractivity contribution in [1.82, 2.24) is 15.3 Å². The van der Waals surface area contributed by atoms with Crippen LogP contribution in [-0.2, 0) is 6.42 Å². The molecule has 0 saturated heterocycles. The van der Waals surface area contributed by atoms with Gasteiger partial charge >= 0.3 is 0 Å². The normalized spacial score (nSPS) is 10.8. The molecule has 0 aliphatic heterocycles. The summed E-state index contributed by atoms with van der Waals surface area (Å²) in [7, 11) is 1.60. The van der Waals surface area contributed by atoms with Gasteiger partial charge in [-0.05, 0) is 19.1 Å². The van der Waals surface area contributed by atoms with Crippen molar-refractivity contribution in [1.29, 1.82) is 0 Å². The summed E-state index contributed by atoms with van der Waals surface area (Å²) in [5.74, 6) is 0.826. The van der Waals surface area contributed by atoms with Gasteiger partial charge in [0.2, 0.25) is 0 Å². The van der Waals surface area contributed by atoms with E-state index in [2.05, 4.69) is 15.3 Å². The first kappa shape index (κ1) is 14.2. The molecule has 2 N–H and O–H groups in total. The Morgan fingerprint density at radius 2 is 2.32 bits per heavy atom. The van der Waals surface area contributed by atoms with Gasteiger partial charge in [0.05, 0.1) is 13.4 Å². The lowest BCUT2D eigenvalue weighted by atomic mass is 10.1. The van der Waals surface area contributed by atoms with Gasteiger partial charge in [-0.2, -0.15) is 0 Å². The molecule has 0 bridgehead atoms. The number of rotatable bonds is 5. The van der Waals surface area contributed by atoms with Crippen LogP contribution in [0.4, 0.5) is 0 Å². The van der Waals surface area contributed by atoms with Crippen molar-refractivity contribution in [3.63, 3.8) is 0 Å². The maximum absolute atomic E-state index is 12.3. The molecule has 0 saturated carbocycles. The van der Waals surface area contributed by atoms with Gasteiger partial charge < -0.3 is 19.5 Å². The number of H-pyrrole nitrogens is 1. The number of hydrogen-bond donors (Lipinski definition) is 2. The quantitative estimate of drug-likeness (QED) is 0.758. The summed E-state index contributed by atoms with van der Waals surface area (Å²) in [4.78, 5) is 19.2. The second kappa shape index (κ2) is 5.93. The maximum atomic E-state index is 12.3. The Kier molecular flexibility index (Phi) is 3.82. The lowest BCUT2D eigenvalue weighted by molar-refractivity contribution is 0.0927. The molecule has 6 heteroatoms. The summed E-state index contributed by atoms with van der Waals surface area (Å²) >= 11 is 0. The van der Waals surface area contributed by atoms with Crippen molar-refractivity contribution in [2.24, 2.45) is 0 Å². The highest BCUT2D eigenvalue weighted by Crippen LogP contribution is 2.28. The van der Waals surface area contributed by atoms with Crippen LogP contribution in [0.25, 0.3) is 11.0 Å². The van der Waals surface area contributed by atoms with Crippen molar-refractivity contribution in [2.75, 3.05) is 13.7 Å². The minimum absolute atomic E-state index is 0.216. The number of aromatic nitrogens is 2. The largest absolute Gasteiger partial charge is 0.497 e.